The molecule has 6 nitrogen and oxygen atoms in total. The quantitative estimate of drug-likeness (QED) is 0.855. The zero-order valence-electron chi connectivity index (χ0n) is 10.7. The Hall–Kier alpha value is -1.83. The number of rotatable bonds is 6. The lowest BCUT2D eigenvalue weighted by Crippen LogP contribution is -2.34. The number of hydrogen-bond acceptors (Lipinski definition) is 5. The Kier molecular flexibility index (Phi) is 4.66. The second kappa shape index (κ2) is 6.30. The van der Waals surface area contributed by atoms with E-state index in [0.29, 0.717) is 5.02 Å². The first-order valence-corrected chi connectivity index (χ1v) is 7.76. The van der Waals surface area contributed by atoms with Gasteiger partial charge in [0.15, 0.2) is 0 Å². The molecule has 0 saturated heterocycles. The van der Waals surface area contributed by atoms with Crippen molar-refractivity contribution in [1.82, 2.24) is 4.72 Å². The molecular weight excluding hydrogens is 318 g/mol. The zero-order valence-corrected chi connectivity index (χ0v) is 12.2. The number of carbonyl (C=O) groups is 1. The monoisotopic (exact) mass is 328 g/mol. The number of aliphatic carboxylic acids is 1. The van der Waals surface area contributed by atoms with Gasteiger partial charge in [-0.2, -0.15) is 0 Å². The highest BCUT2D eigenvalue weighted by atomic mass is 35.5. The Morgan fingerprint density at radius 1 is 1.29 bits per heavy atom. The molecule has 1 aromatic carbocycles. The molecule has 1 N–H and O–H groups in total. The van der Waals surface area contributed by atoms with Crippen LogP contribution in [0.25, 0.3) is 0 Å². The minimum Gasteiger partial charge on any atom is -0.550 e. The number of carboxylic acids is 1. The molecule has 0 amide bonds. The van der Waals surface area contributed by atoms with Crippen molar-refractivity contribution < 1.29 is 22.7 Å². The van der Waals surface area contributed by atoms with Gasteiger partial charge in [0.05, 0.1) is 17.2 Å². The van der Waals surface area contributed by atoms with Crippen molar-refractivity contribution in [2.45, 2.75) is 17.4 Å². The van der Waals surface area contributed by atoms with Crippen LogP contribution >= 0.6 is 11.6 Å². The summed E-state index contributed by atoms with van der Waals surface area (Å²) in [7, 11) is -3.91. The molecule has 0 unspecified atom stereocenters. The van der Waals surface area contributed by atoms with Crippen LogP contribution in [0.3, 0.4) is 0 Å². The zero-order chi connectivity index (χ0) is 15.5. The van der Waals surface area contributed by atoms with Crippen LogP contribution < -0.4 is 9.83 Å². The first-order valence-electron chi connectivity index (χ1n) is 5.89. The lowest BCUT2D eigenvalue weighted by atomic mass is 10.2. The molecule has 0 saturated carbocycles. The maximum absolute atomic E-state index is 12.2. The molecule has 0 spiro atoms. The van der Waals surface area contributed by atoms with E-state index in [1.165, 1.54) is 42.7 Å². The Bertz CT molecular complexity index is 710. The predicted octanol–water partition coefficient (Wildman–Crippen LogP) is 1.09. The van der Waals surface area contributed by atoms with Gasteiger partial charge in [-0.15, -0.1) is 0 Å². The maximum Gasteiger partial charge on any atom is 0.241 e. The van der Waals surface area contributed by atoms with E-state index in [4.69, 9.17) is 16.0 Å². The second-order valence-corrected chi connectivity index (χ2v) is 6.37. The molecule has 2 rings (SSSR count). The van der Waals surface area contributed by atoms with Crippen LogP contribution in [0.1, 0.15) is 18.2 Å². The topological polar surface area (TPSA) is 99.4 Å². The fourth-order valence-corrected chi connectivity index (χ4v) is 3.06. The van der Waals surface area contributed by atoms with Gasteiger partial charge in [0.25, 0.3) is 0 Å². The molecule has 0 radical (unpaired) electrons. The highest BCUT2D eigenvalue weighted by Crippen LogP contribution is 2.21. The fraction of sp³-hybridized carbons (Fsp3) is 0.154. The van der Waals surface area contributed by atoms with Crippen LogP contribution in [0.15, 0.2) is 52.0 Å². The van der Waals surface area contributed by atoms with E-state index < -0.39 is 28.5 Å². The van der Waals surface area contributed by atoms with Gasteiger partial charge in [-0.25, -0.2) is 13.1 Å². The summed E-state index contributed by atoms with van der Waals surface area (Å²) in [6.45, 7) is 0. The lowest BCUT2D eigenvalue weighted by molar-refractivity contribution is -0.306. The van der Waals surface area contributed by atoms with Crippen molar-refractivity contribution in [3.05, 3.63) is 53.4 Å². The fourth-order valence-electron chi connectivity index (χ4n) is 1.73. The Balaban J connectivity index is 2.27. The van der Waals surface area contributed by atoms with Crippen LogP contribution in [-0.2, 0) is 14.8 Å². The number of benzene rings is 1. The summed E-state index contributed by atoms with van der Waals surface area (Å²) in [5, 5.41) is 11.2. The van der Waals surface area contributed by atoms with Crippen LogP contribution in [0.2, 0.25) is 5.02 Å². The SMILES string of the molecule is O=C([O-])C[C@@H](NS(=O)(=O)c1ccc(Cl)cc1)c1ccco1. The van der Waals surface area contributed by atoms with Crippen molar-refractivity contribution in [2.24, 2.45) is 0 Å². The van der Waals surface area contributed by atoms with E-state index in [0.717, 1.165) is 0 Å². The van der Waals surface area contributed by atoms with Crippen molar-refractivity contribution in [1.29, 1.82) is 0 Å². The number of halogens is 1. The normalized spacial score (nSPS) is 13.0. The van der Waals surface area contributed by atoms with Crippen LogP contribution in [0.4, 0.5) is 0 Å². The van der Waals surface area contributed by atoms with Crippen LogP contribution in [0.5, 0.6) is 0 Å². The number of furan rings is 1. The third-order valence-electron chi connectivity index (χ3n) is 2.68. The Labute approximate surface area is 126 Å². The highest BCUT2D eigenvalue weighted by molar-refractivity contribution is 7.89. The summed E-state index contributed by atoms with van der Waals surface area (Å²) in [6, 6.07) is 7.47. The van der Waals surface area contributed by atoms with Crippen molar-refractivity contribution >= 4 is 27.6 Å². The predicted molar refractivity (Wildman–Crippen MR) is 72.8 cm³/mol. The average molecular weight is 329 g/mol. The minimum absolute atomic E-state index is 0.0261. The first-order chi connectivity index (χ1) is 9.88. The molecule has 1 heterocycles. The van der Waals surface area contributed by atoms with Gasteiger partial charge in [0, 0.05) is 17.4 Å². The summed E-state index contributed by atoms with van der Waals surface area (Å²) < 4.78 is 31.8. The second-order valence-electron chi connectivity index (χ2n) is 4.22. The lowest BCUT2D eigenvalue weighted by Gasteiger charge is -2.17. The molecule has 0 fully saturated rings. The highest BCUT2D eigenvalue weighted by Gasteiger charge is 2.23. The first kappa shape index (κ1) is 15.6. The molecule has 0 aliphatic carbocycles. The summed E-state index contributed by atoms with van der Waals surface area (Å²) in [5.74, 6) is -1.20. The van der Waals surface area contributed by atoms with E-state index in [9.17, 15) is 18.3 Å². The molecule has 8 heteroatoms. The molecular formula is C13H11ClNO5S-. The van der Waals surface area contributed by atoms with Gasteiger partial charge in [-0.1, -0.05) is 11.6 Å². The number of hydrogen-bond donors (Lipinski definition) is 1. The van der Waals surface area contributed by atoms with Crippen molar-refractivity contribution in [2.75, 3.05) is 0 Å². The van der Waals surface area contributed by atoms with Crippen molar-refractivity contribution in [3.8, 4) is 0 Å². The molecule has 21 heavy (non-hydrogen) atoms. The van der Waals surface area contributed by atoms with E-state index in [1.54, 1.807) is 0 Å². The summed E-state index contributed by atoms with van der Waals surface area (Å²) in [6.07, 6.45) is 0.786. The van der Waals surface area contributed by atoms with Gasteiger partial charge < -0.3 is 14.3 Å². The van der Waals surface area contributed by atoms with Crippen molar-refractivity contribution in [3.63, 3.8) is 0 Å². The Morgan fingerprint density at radius 3 is 2.48 bits per heavy atom. The average Bonchev–Trinajstić information content (AvgIpc) is 2.91. The molecule has 1 aromatic heterocycles. The molecule has 0 aliphatic heterocycles. The maximum atomic E-state index is 12.2. The number of carbonyl (C=O) groups excluding carboxylic acids is 1. The largest absolute Gasteiger partial charge is 0.550 e. The van der Waals surface area contributed by atoms with Gasteiger partial charge in [-0.3, -0.25) is 0 Å². The van der Waals surface area contributed by atoms with Gasteiger partial charge in [0.1, 0.15) is 5.76 Å². The number of carboxylic acid groups (broad SMARTS) is 1. The summed E-state index contributed by atoms with van der Waals surface area (Å²) in [5.41, 5.74) is 0. The van der Waals surface area contributed by atoms with Crippen LogP contribution in [-0.4, -0.2) is 14.4 Å². The summed E-state index contributed by atoms with van der Waals surface area (Å²) >= 11 is 5.70. The van der Waals surface area contributed by atoms with Gasteiger partial charge in [-0.05, 0) is 36.4 Å². The third-order valence-corrected chi connectivity index (χ3v) is 4.42. The number of nitrogens with one attached hydrogen (secondary N) is 1. The smallest absolute Gasteiger partial charge is 0.241 e. The van der Waals surface area contributed by atoms with E-state index in [-0.39, 0.29) is 10.7 Å². The van der Waals surface area contributed by atoms with Gasteiger partial charge >= 0.3 is 0 Å². The Morgan fingerprint density at radius 2 is 1.95 bits per heavy atom. The minimum atomic E-state index is -3.91. The molecule has 0 bridgehead atoms. The molecule has 112 valence electrons. The molecule has 0 aliphatic rings. The van der Waals surface area contributed by atoms with E-state index in [2.05, 4.69) is 4.72 Å². The van der Waals surface area contributed by atoms with E-state index in [1.807, 2.05) is 0 Å². The van der Waals surface area contributed by atoms with Gasteiger partial charge in [0.2, 0.25) is 10.0 Å². The van der Waals surface area contributed by atoms with E-state index >= 15 is 0 Å². The molecule has 2 aromatic rings. The van der Waals surface area contributed by atoms with Crippen LogP contribution in [0, 0.1) is 0 Å². The summed E-state index contributed by atoms with van der Waals surface area (Å²) in [4.78, 5) is 10.7. The standard InChI is InChI=1S/C13H12ClNO5S/c14-9-3-5-10(6-4-9)21(18,19)15-11(8-13(16)17)12-2-1-7-20-12/h1-7,11,15H,8H2,(H,16,17)/p-1/t11-/m1/s1. The molecule has 1 atom stereocenters. The third kappa shape index (κ3) is 4.07. The number of sulfonamides is 1.